The summed E-state index contributed by atoms with van der Waals surface area (Å²) in [5.41, 5.74) is 4.21. The first-order valence-corrected chi connectivity index (χ1v) is 8.21. The lowest BCUT2D eigenvalue weighted by Gasteiger charge is -2.11. The van der Waals surface area contributed by atoms with Crippen LogP contribution in [0.5, 0.6) is 5.75 Å². The minimum Gasteiger partial charge on any atom is -0.497 e. The number of ether oxygens (including phenoxy) is 1. The molecule has 3 N–H and O–H groups in total. The maximum Gasteiger partial charge on any atom is 0.335 e. The third-order valence-electron chi connectivity index (χ3n) is 3.91. The second kappa shape index (κ2) is 8.07. The van der Waals surface area contributed by atoms with Gasteiger partial charge in [-0.3, -0.25) is 0 Å². The van der Waals surface area contributed by atoms with Crippen molar-refractivity contribution in [2.45, 2.75) is 6.54 Å². The minimum absolute atomic E-state index is 0.278. The van der Waals surface area contributed by atoms with Gasteiger partial charge in [-0.25, -0.2) is 4.79 Å². The number of carboxylic acid groups (broad SMARTS) is 1. The number of carbonyl (C=O) groups is 1. The third-order valence-corrected chi connectivity index (χ3v) is 3.91. The van der Waals surface area contributed by atoms with E-state index in [1.165, 1.54) is 0 Å². The Morgan fingerprint density at radius 3 is 2.31 bits per heavy atom. The van der Waals surface area contributed by atoms with Crippen molar-refractivity contribution in [3.05, 3.63) is 83.9 Å². The molecule has 0 aliphatic heterocycles. The van der Waals surface area contributed by atoms with Gasteiger partial charge in [0.15, 0.2) is 0 Å². The number of methoxy groups -OCH3 is 1. The van der Waals surface area contributed by atoms with Crippen LogP contribution in [0.25, 0.3) is 0 Å². The Morgan fingerprint density at radius 1 is 0.923 bits per heavy atom. The summed E-state index contributed by atoms with van der Waals surface area (Å²) in [7, 11) is 1.65. The zero-order valence-corrected chi connectivity index (χ0v) is 14.4. The number of anilines is 3. The van der Waals surface area contributed by atoms with Crippen LogP contribution in [-0.2, 0) is 6.54 Å². The maximum absolute atomic E-state index is 10.9. The number of nitrogens with one attached hydrogen (secondary N) is 2. The van der Waals surface area contributed by atoms with Gasteiger partial charge in [0.2, 0.25) is 0 Å². The Hall–Kier alpha value is -3.47. The lowest BCUT2D eigenvalue weighted by atomic mass is 10.1. The van der Waals surface area contributed by atoms with Gasteiger partial charge in [-0.2, -0.15) is 0 Å². The molecule has 0 fully saturated rings. The average molecular weight is 348 g/mol. The molecular weight excluding hydrogens is 328 g/mol. The van der Waals surface area contributed by atoms with Gasteiger partial charge in [-0.05, 0) is 54.1 Å². The molecule has 0 saturated heterocycles. The van der Waals surface area contributed by atoms with E-state index >= 15 is 0 Å². The van der Waals surface area contributed by atoms with Gasteiger partial charge in [0.25, 0.3) is 0 Å². The molecule has 0 bridgehead atoms. The molecule has 0 aliphatic rings. The van der Waals surface area contributed by atoms with Crippen LogP contribution in [0.4, 0.5) is 17.1 Å². The molecule has 0 heterocycles. The lowest BCUT2D eigenvalue weighted by molar-refractivity contribution is 0.0697. The third kappa shape index (κ3) is 4.54. The van der Waals surface area contributed by atoms with E-state index in [9.17, 15) is 4.79 Å². The Labute approximate surface area is 152 Å². The standard InChI is InChI=1S/C21H20N2O3/c1-26-20-7-3-6-19(13-20)23-18-5-2-4-15(12-18)14-22-17-10-8-16(9-11-17)21(24)25/h2-13,22-23H,14H2,1H3,(H,24,25). The fourth-order valence-corrected chi connectivity index (χ4v) is 2.56. The predicted molar refractivity (Wildman–Crippen MR) is 103 cm³/mol. The normalized spacial score (nSPS) is 10.2. The van der Waals surface area contributed by atoms with Crippen molar-refractivity contribution in [1.82, 2.24) is 0 Å². The van der Waals surface area contributed by atoms with Gasteiger partial charge in [-0.1, -0.05) is 18.2 Å². The fourth-order valence-electron chi connectivity index (χ4n) is 2.56. The number of benzene rings is 3. The first-order valence-electron chi connectivity index (χ1n) is 8.21. The maximum atomic E-state index is 10.9. The van der Waals surface area contributed by atoms with Crippen LogP contribution in [-0.4, -0.2) is 18.2 Å². The highest BCUT2D eigenvalue weighted by Gasteiger charge is 2.02. The van der Waals surface area contributed by atoms with Crippen molar-refractivity contribution in [3.8, 4) is 5.75 Å². The molecule has 0 spiro atoms. The van der Waals surface area contributed by atoms with Gasteiger partial charge >= 0.3 is 5.97 Å². The number of carboxylic acids is 1. The molecule has 0 aliphatic carbocycles. The molecule has 26 heavy (non-hydrogen) atoms. The molecule has 132 valence electrons. The molecule has 0 unspecified atom stereocenters. The van der Waals surface area contributed by atoms with Gasteiger partial charge in [0, 0.05) is 29.7 Å². The molecule has 0 aromatic heterocycles. The summed E-state index contributed by atoms with van der Waals surface area (Å²) in [5.74, 6) is -0.120. The summed E-state index contributed by atoms with van der Waals surface area (Å²) in [6.45, 7) is 0.639. The summed E-state index contributed by atoms with van der Waals surface area (Å²) in [6, 6.07) is 22.6. The minimum atomic E-state index is -0.923. The quantitative estimate of drug-likeness (QED) is 0.575. The van der Waals surface area contributed by atoms with Crippen molar-refractivity contribution < 1.29 is 14.6 Å². The second-order valence-electron chi connectivity index (χ2n) is 5.79. The van der Waals surface area contributed by atoms with Gasteiger partial charge in [-0.15, -0.1) is 0 Å². The summed E-state index contributed by atoms with van der Waals surface area (Å²) >= 11 is 0. The Bertz CT molecular complexity index is 892. The van der Waals surface area contributed by atoms with Crippen LogP contribution >= 0.6 is 0 Å². The predicted octanol–water partition coefficient (Wildman–Crippen LogP) is 4.75. The summed E-state index contributed by atoms with van der Waals surface area (Å²) in [5, 5.41) is 15.6. The van der Waals surface area contributed by atoms with E-state index in [2.05, 4.69) is 16.7 Å². The van der Waals surface area contributed by atoms with Crippen molar-refractivity contribution in [2.24, 2.45) is 0 Å². The first-order chi connectivity index (χ1) is 12.6. The second-order valence-corrected chi connectivity index (χ2v) is 5.79. The SMILES string of the molecule is COc1cccc(Nc2cccc(CNc3ccc(C(=O)O)cc3)c2)c1. The van der Waals surface area contributed by atoms with Crippen LogP contribution in [0, 0.1) is 0 Å². The van der Waals surface area contributed by atoms with Crippen LogP contribution in [0.2, 0.25) is 0 Å². The van der Waals surface area contributed by atoms with Gasteiger partial charge < -0.3 is 20.5 Å². The fraction of sp³-hybridized carbons (Fsp3) is 0.0952. The average Bonchev–Trinajstić information content (AvgIpc) is 2.67. The molecule has 5 nitrogen and oxygen atoms in total. The molecule has 3 rings (SSSR count). The van der Waals surface area contributed by atoms with E-state index in [0.29, 0.717) is 6.54 Å². The number of aromatic carboxylic acids is 1. The Kier molecular flexibility index (Phi) is 5.39. The summed E-state index contributed by atoms with van der Waals surface area (Å²) in [4.78, 5) is 10.9. The van der Waals surface area contributed by atoms with Crippen LogP contribution in [0.3, 0.4) is 0 Å². The van der Waals surface area contributed by atoms with Crippen molar-refractivity contribution in [2.75, 3.05) is 17.7 Å². The zero-order valence-electron chi connectivity index (χ0n) is 14.4. The molecule has 0 amide bonds. The smallest absolute Gasteiger partial charge is 0.335 e. The number of rotatable bonds is 7. The highest BCUT2D eigenvalue weighted by atomic mass is 16.5. The van der Waals surface area contributed by atoms with Crippen LogP contribution in [0.15, 0.2) is 72.8 Å². The molecule has 0 radical (unpaired) electrons. The van der Waals surface area contributed by atoms with E-state index in [1.54, 1.807) is 31.4 Å². The zero-order chi connectivity index (χ0) is 18.4. The molecular formula is C21H20N2O3. The summed E-state index contributed by atoms with van der Waals surface area (Å²) in [6.07, 6.45) is 0. The topological polar surface area (TPSA) is 70.6 Å². The molecule has 3 aromatic carbocycles. The van der Waals surface area contributed by atoms with Gasteiger partial charge in [0.05, 0.1) is 12.7 Å². The molecule has 5 heteroatoms. The van der Waals surface area contributed by atoms with Gasteiger partial charge in [0.1, 0.15) is 5.75 Å². The molecule has 3 aromatic rings. The van der Waals surface area contributed by atoms with E-state index < -0.39 is 5.97 Å². The van der Waals surface area contributed by atoms with Crippen LogP contribution < -0.4 is 15.4 Å². The van der Waals surface area contributed by atoms with E-state index in [1.807, 2.05) is 42.5 Å². The largest absolute Gasteiger partial charge is 0.497 e. The van der Waals surface area contributed by atoms with Crippen molar-refractivity contribution >= 4 is 23.0 Å². The summed E-state index contributed by atoms with van der Waals surface area (Å²) < 4.78 is 5.24. The first kappa shape index (κ1) is 17.4. The van der Waals surface area contributed by atoms with Crippen molar-refractivity contribution in [3.63, 3.8) is 0 Å². The van der Waals surface area contributed by atoms with E-state index in [0.717, 1.165) is 28.4 Å². The van der Waals surface area contributed by atoms with E-state index in [-0.39, 0.29) is 5.56 Å². The highest BCUT2D eigenvalue weighted by Crippen LogP contribution is 2.22. The molecule has 0 saturated carbocycles. The van der Waals surface area contributed by atoms with Crippen molar-refractivity contribution in [1.29, 1.82) is 0 Å². The highest BCUT2D eigenvalue weighted by molar-refractivity contribution is 5.88. The number of hydrogen-bond donors (Lipinski definition) is 3. The molecule has 0 atom stereocenters. The monoisotopic (exact) mass is 348 g/mol. The van der Waals surface area contributed by atoms with Crippen LogP contribution in [0.1, 0.15) is 15.9 Å². The number of hydrogen-bond acceptors (Lipinski definition) is 4. The lowest BCUT2D eigenvalue weighted by Crippen LogP contribution is -2.01. The Morgan fingerprint density at radius 2 is 1.62 bits per heavy atom. The van der Waals surface area contributed by atoms with E-state index in [4.69, 9.17) is 9.84 Å². The Balaban J connectivity index is 1.64.